The fourth-order valence-corrected chi connectivity index (χ4v) is 1.43. The Morgan fingerprint density at radius 3 is 0.622 bits per heavy atom. The van der Waals surface area contributed by atoms with Gasteiger partial charge in [0.1, 0.15) is 0 Å². The second-order valence-corrected chi connectivity index (χ2v) is 6.24. The first-order chi connectivity index (χ1) is 18.5. The molecule has 0 aromatic heterocycles. The molecule has 0 amide bonds. The van der Waals surface area contributed by atoms with Crippen LogP contribution in [-0.2, 0) is 33.6 Å². The summed E-state index contributed by atoms with van der Waals surface area (Å²) in [5, 5.41) is 124. The quantitative estimate of drug-likeness (QED) is 0.0939. The zero-order valence-electron chi connectivity index (χ0n) is 22.8. The van der Waals surface area contributed by atoms with Gasteiger partial charge in [-0.25, -0.2) is 9.59 Å². The van der Waals surface area contributed by atoms with E-state index in [0.717, 1.165) is 6.92 Å². The van der Waals surface area contributed by atoms with Crippen LogP contribution in [-0.4, -0.2) is 183 Å². The number of carboxylic acid groups (broad SMARTS) is 13. The molecule has 0 radical (unpaired) electrons. The number of carbonyl (C=O) groups excluding carboxylic acids is 2. The first kappa shape index (κ1) is 64.9. The summed E-state index contributed by atoms with van der Waals surface area (Å²) in [5.41, 5.74) is -5.48. The molecule has 0 bridgehead atoms. The van der Waals surface area contributed by atoms with Gasteiger partial charge in [-0.15, -0.1) is 0 Å². The van der Waals surface area contributed by atoms with Crippen molar-refractivity contribution in [3.05, 3.63) is 0 Å². The summed E-state index contributed by atoms with van der Waals surface area (Å²) in [6.07, 6.45) is -11.3. The second-order valence-electron chi connectivity index (χ2n) is 6.24. The average molecular weight is 713 g/mol. The van der Waals surface area contributed by atoms with Crippen molar-refractivity contribution < 1.29 is 154 Å². The van der Waals surface area contributed by atoms with Crippen molar-refractivity contribution in [2.75, 3.05) is 0 Å². The van der Waals surface area contributed by atoms with Gasteiger partial charge in [-0.1, -0.05) is 0 Å². The van der Waals surface area contributed by atoms with Crippen LogP contribution >= 0.6 is 0 Å². The summed E-state index contributed by atoms with van der Waals surface area (Å²) in [5.74, 6) is -10.9. The van der Waals surface area contributed by atoms with Crippen molar-refractivity contribution in [1.29, 1.82) is 0 Å². The standard InChI is InChI=1S/2C6H8O7.C2H4O2.3CH2O3.Ca.Mg.Na/c2*7-3(8)1-6(13,5(11)12)2-4(9)10;1-2(3)4;3*2-1(3)4;;;/h2*13H,1-2H2,(H,7,8)(H,9,10)(H,11,12);1H3,(H,3,4);3*(H2,2,3,4);;;/q;;;;;;2*+2;+1/p-5. The van der Waals surface area contributed by atoms with Crippen molar-refractivity contribution in [2.45, 2.75) is 43.8 Å². The average Bonchev–Trinajstić information content (AvgIpc) is 2.63. The summed E-state index contributed by atoms with van der Waals surface area (Å²) in [7, 11) is 0. The molecule has 0 rings (SSSR count). The molecule has 0 unspecified atom stereocenters. The maximum atomic E-state index is 10.3. The first-order valence-corrected chi connectivity index (χ1v) is 9.13. The van der Waals surface area contributed by atoms with Gasteiger partial charge in [0.2, 0.25) is 6.16 Å². The first-order valence-electron chi connectivity index (χ1n) is 9.13. The largest absolute Gasteiger partial charge is 2.00 e. The van der Waals surface area contributed by atoms with Crippen molar-refractivity contribution >= 4 is 121 Å². The fraction of sp³-hybridized carbons (Fsp3) is 0.412. The van der Waals surface area contributed by atoms with Crippen molar-refractivity contribution in [1.82, 2.24) is 0 Å². The molecule has 0 atom stereocenters. The molecule has 0 saturated carbocycles. The SMILES string of the molecule is CC(=O)O.O=C(O)CC(O)(CC(=O)O)C(=O)O.O=C(O)CC(O)(CC(=O)O)C(=O)O.O=C([O-])O.O=C([O-])[O-].O=C([O-])[O-].[Ca+2].[Mg+2].[Na+]. The second kappa shape index (κ2) is 35.5. The van der Waals surface area contributed by atoms with E-state index in [4.69, 9.17) is 95.8 Å². The molecule has 0 aromatic carbocycles. The minimum atomic E-state index is -2.74. The normalized spacial score (nSPS) is 8.42. The van der Waals surface area contributed by atoms with E-state index in [-0.39, 0.29) is 90.3 Å². The number of carbonyl (C=O) groups is 10. The maximum Gasteiger partial charge on any atom is 2.00 e. The Hall–Kier alpha value is -2.95. The van der Waals surface area contributed by atoms with Gasteiger partial charge in [0.15, 0.2) is 11.2 Å². The van der Waals surface area contributed by atoms with Crippen LogP contribution in [0.15, 0.2) is 0 Å². The molecule has 25 nitrogen and oxygen atoms in total. The van der Waals surface area contributed by atoms with Crippen molar-refractivity contribution in [3.63, 3.8) is 0 Å². The van der Waals surface area contributed by atoms with Crippen LogP contribution in [0.5, 0.6) is 0 Å². The number of hydrogen-bond donors (Lipinski definition) is 10. The molecule has 0 aliphatic heterocycles. The van der Waals surface area contributed by atoms with Gasteiger partial charge in [-0.05, 0) is 12.3 Å². The Morgan fingerprint density at radius 2 is 0.578 bits per heavy atom. The van der Waals surface area contributed by atoms with Gasteiger partial charge in [-0.2, -0.15) is 0 Å². The van der Waals surface area contributed by atoms with E-state index in [0.29, 0.717) is 0 Å². The molecule has 244 valence electrons. The molecule has 0 saturated heterocycles. The van der Waals surface area contributed by atoms with Gasteiger partial charge in [0, 0.05) is 6.92 Å². The van der Waals surface area contributed by atoms with Crippen molar-refractivity contribution in [3.8, 4) is 0 Å². The molecule has 0 spiro atoms. The third-order valence-electron chi connectivity index (χ3n) is 2.57. The maximum absolute atomic E-state index is 10.3. The Balaban J connectivity index is -0.0000000536. The number of rotatable bonds is 10. The van der Waals surface area contributed by atoms with Crippen LogP contribution in [0.25, 0.3) is 0 Å². The van der Waals surface area contributed by atoms with Gasteiger partial charge in [0.25, 0.3) is 5.97 Å². The van der Waals surface area contributed by atoms with E-state index in [1.165, 1.54) is 0 Å². The molecule has 0 fully saturated rings. The van der Waals surface area contributed by atoms with Crippen LogP contribution < -0.4 is 55.1 Å². The van der Waals surface area contributed by atoms with E-state index in [2.05, 4.69) is 0 Å². The molecule has 45 heavy (non-hydrogen) atoms. The summed E-state index contributed by atoms with van der Waals surface area (Å²) in [6, 6.07) is 0. The predicted octanol–water partition coefficient (Wildman–Crippen LogP) is -12.2. The van der Waals surface area contributed by atoms with Crippen LogP contribution in [0.1, 0.15) is 32.6 Å². The zero-order chi connectivity index (χ0) is 35.6. The van der Waals surface area contributed by atoms with Crippen molar-refractivity contribution in [2.24, 2.45) is 0 Å². The molecule has 0 heterocycles. The van der Waals surface area contributed by atoms with E-state index >= 15 is 0 Å². The number of hydrogen-bond acceptors (Lipinski definition) is 17. The number of aliphatic carboxylic acids is 7. The summed E-state index contributed by atoms with van der Waals surface area (Å²) < 4.78 is 0. The van der Waals surface area contributed by atoms with Gasteiger partial charge in [-0.3, -0.25) is 24.0 Å². The molecule has 0 aromatic rings. The Kier molecular flexibility index (Phi) is 51.2. The summed E-state index contributed by atoms with van der Waals surface area (Å²) in [6.45, 7) is 1.08. The van der Waals surface area contributed by atoms with E-state index < -0.39 is 97.1 Å². The minimum Gasteiger partial charge on any atom is -0.652 e. The van der Waals surface area contributed by atoms with Gasteiger partial charge >= 0.3 is 126 Å². The molecule has 0 aliphatic rings. The fourth-order valence-electron chi connectivity index (χ4n) is 1.43. The van der Waals surface area contributed by atoms with Crippen LogP contribution in [0.4, 0.5) is 14.4 Å². The van der Waals surface area contributed by atoms with E-state index in [1.807, 2.05) is 0 Å². The molecular formula is C17H21CaMgNaO25. The van der Waals surface area contributed by atoms with Crippen LogP contribution in [0.2, 0.25) is 0 Å². The van der Waals surface area contributed by atoms with E-state index in [9.17, 15) is 28.8 Å². The smallest absolute Gasteiger partial charge is 0.652 e. The Bertz CT molecular complexity index is 819. The number of aliphatic hydroxyl groups is 2. The molecular weight excluding hydrogens is 692 g/mol. The molecule has 0 aliphatic carbocycles. The third kappa shape index (κ3) is 74.2. The molecule has 28 heteroatoms. The minimum absolute atomic E-state index is 0. The zero-order valence-corrected chi connectivity index (χ0v) is 28.5. The summed E-state index contributed by atoms with van der Waals surface area (Å²) in [4.78, 5) is 95.1. The van der Waals surface area contributed by atoms with Crippen LogP contribution in [0.3, 0.4) is 0 Å². The topological polar surface area (TPSA) is 488 Å². The number of carboxylic acids is 7. The van der Waals surface area contributed by atoms with Gasteiger partial charge < -0.3 is 91.0 Å². The third-order valence-corrected chi connectivity index (χ3v) is 2.57. The summed E-state index contributed by atoms with van der Waals surface area (Å²) >= 11 is 0. The molecule has 10 N–H and O–H groups in total. The predicted molar refractivity (Wildman–Crippen MR) is 118 cm³/mol. The van der Waals surface area contributed by atoms with Crippen LogP contribution in [0, 0.1) is 0 Å². The Morgan fingerprint density at radius 1 is 0.489 bits per heavy atom. The monoisotopic (exact) mass is 712 g/mol. The van der Waals surface area contributed by atoms with Gasteiger partial charge in [0.05, 0.1) is 25.7 Å². The Labute approximate surface area is 316 Å². The van der Waals surface area contributed by atoms with E-state index in [1.54, 1.807) is 0 Å².